The highest BCUT2D eigenvalue weighted by Crippen LogP contribution is 2.18. The molecule has 0 bridgehead atoms. The van der Waals surface area contributed by atoms with Crippen LogP contribution >= 0.6 is 0 Å². The van der Waals surface area contributed by atoms with Gasteiger partial charge in [0.25, 0.3) is 0 Å². The van der Waals surface area contributed by atoms with E-state index in [0.29, 0.717) is 18.7 Å². The van der Waals surface area contributed by atoms with Crippen molar-refractivity contribution < 1.29 is 9.59 Å². The Morgan fingerprint density at radius 2 is 1.54 bits per heavy atom. The maximum absolute atomic E-state index is 12.4. The van der Waals surface area contributed by atoms with Crippen LogP contribution in [-0.4, -0.2) is 42.8 Å². The van der Waals surface area contributed by atoms with Gasteiger partial charge in [-0.15, -0.1) is 0 Å². The second-order valence-corrected chi connectivity index (χ2v) is 7.00. The summed E-state index contributed by atoms with van der Waals surface area (Å²) in [6.07, 6.45) is 0.567. The molecule has 0 radical (unpaired) electrons. The molecule has 0 aromatic heterocycles. The molecule has 0 spiro atoms. The SMILES string of the molecule is Cc1ccc(C(=O)CCC(=O)N2CCN(c3cccc(C)c3)CC2)cc1. The third kappa shape index (κ3) is 4.51. The number of anilines is 1. The Bertz CT molecular complexity index is 775. The molecule has 0 saturated carbocycles. The molecule has 1 amide bonds. The predicted molar refractivity (Wildman–Crippen MR) is 105 cm³/mol. The second kappa shape index (κ2) is 8.17. The van der Waals surface area contributed by atoms with Gasteiger partial charge in [0.05, 0.1) is 0 Å². The molecule has 4 heteroatoms. The van der Waals surface area contributed by atoms with Gasteiger partial charge in [0, 0.05) is 50.3 Å². The van der Waals surface area contributed by atoms with Gasteiger partial charge in [-0.1, -0.05) is 42.0 Å². The van der Waals surface area contributed by atoms with Crippen molar-refractivity contribution in [1.82, 2.24) is 4.90 Å². The van der Waals surface area contributed by atoms with Crippen LogP contribution in [0, 0.1) is 13.8 Å². The molecule has 1 heterocycles. The molecule has 4 nitrogen and oxygen atoms in total. The number of ketones is 1. The number of carbonyl (C=O) groups excluding carboxylic acids is 2. The summed E-state index contributed by atoms with van der Waals surface area (Å²) in [5.74, 6) is 0.117. The maximum atomic E-state index is 12.4. The fourth-order valence-electron chi connectivity index (χ4n) is 3.30. The third-order valence-corrected chi connectivity index (χ3v) is 4.94. The van der Waals surface area contributed by atoms with E-state index in [1.807, 2.05) is 36.1 Å². The van der Waals surface area contributed by atoms with E-state index >= 15 is 0 Å². The largest absolute Gasteiger partial charge is 0.368 e. The molecule has 1 fully saturated rings. The summed E-state index contributed by atoms with van der Waals surface area (Å²) < 4.78 is 0. The van der Waals surface area contributed by atoms with Crippen molar-refractivity contribution in [3.63, 3.8) is 0 Å². The zero-order valence-corrected chi connectivity index (χ0v) is 15.6. The lowest BCUT2D eigenvalue weighted by molar-refractivity contribution is -0.131. The summed E-state index contributed by atoms with van der Waals surface area (Å²) in [4.78, 5) is 28.9. The minimum absolute atomic E-state index is 0.0387. The number of hydrogen-bond acceptors (Lipinski definition) is 3. The third-order valence-electron chi connectivity index (χ3n) is 4.94. The van der Waals surface area contributed by atoms with Crippen molar-refractivity contribution >= 4 is 17.4 Å². The van der Waals surface area contributed by atoms with Crippen molar-refractivity contribution in [3.05, 3.63) is 65.2 Å². The topological polar surface area (TPSA) is 40.6 Å². The number of carbonyl (C=O) groups is 2. The summed E-state index contributed by atoms with van der Waals surface area (Å²) in [5, 5.41) is 0. The van der Waals surface area contributed by atoms with Crippen molar-refractivity contribution in [2.75, 3.05) is 31.1 Å². The number of benzene rings is 2. The maximum Gasteiger partial charge on any atom is 0.223 e. The second-order valence-electron chi connectivity index (χ2n) is 7.00. The van der Waals surface area contributed by atoms with Gasteiger partial charge in [0.15, 0.2) is 5.78 Å². The fourth-order valence-corrected chi connectivity index (χ4v) is 3.30. The Kier molecular flexibility index (Phi) is 5.71. The van der Waals surface area contributed by atoms with Gasteiger partial charge in [0.2, 0.25) is 5.91 Å². The Balaban J connectivity index is 1.47. The van der Waals surface area contributed by atoms with Crippen LogP contribution < -0.4 is 4.90 Å². The molecule has 2 aromatic rings. The summed E-state index contributed by atoms with van der Waals surface area (Å²) in [7, 11) is 0. The number of nitrogens with zero attached hydrogens (tertiary/aromatic N) is 2. The summed E-state index contributed by atoms with van der Waals surface area (Å²) in [6.45, 7) is 7.18. The highest BCUT2D eigenvalue weighted by atomic mass is 16.2. The number of hydrogen-bond donors (Lipinski definition) is 0. The quantitative estimate of drug-likeness (QED) is 0.774. The Labute approximate surface area is 155 Å². The lowest BCUT2D eigenvalue weighted by Crippen LogP contribution is -2.48. The average Bonchev–Trinajstić information content (AvgIpc) is 2.66. The van der Waals surface area contributed by atoms with E-state index in [1.165, 1.54) is 11.3 Å². The van der Waals surface area contributed by atoms with E-state index in [4.69, 9.17) is 0 Å². The minimum atomic E-state index is 0.0387. The monoisotopic (exact) mass is 350 g/mol. The van der Waals surface area contributed by atoms with Crippen LogP contribution in [0.3, 0.4) is 0 Å². The van der Waals surface area contributed by atoms with Crippen LogP contribution in [0.2, 0.25) is 0 Å². The highest BCUT2D eigenvalue weighted by Gasteiger charge is 2.21. The molecule has 1 saturated heterocycles. The molecule has 2 aromatic carbocycles. The van der Waals surface area contributed by atoms with Crippen molar-refractivity contribution in [1.29, 1.82) is 0 Å². The van der Waals surface area contributed by atoms with Crippen LogP contribution in [0.5, 0.6) is 0 Å². The van der Waals surface area contributed by atoms with E-state index in [1.54, 1.807) is 0 Å². The fraction of sp³-hybridized carbons (Fsp3) is 0.364. The Morgan fingerprint density at radius 3 is 2.19 bits per heavy atom. The lowest BCUT2D eigenvalue weighted by Gasteiger charge is -2.36. The number of piperazine rings is 1. The first-order valence-corrected chi connectivity index (χ1v) is 9.22. The molecule has 3 rings (SSSR count). The lowest BCUT2D eigenvalue weighted by atomic mass is 10.0. The summed E-state index contributed by atoms with van der Waals surface area (Å²) in [6, 6.07) is 16.0. The Morgan fingerprint density at radius 1 is 0.846 bits per heavy atom. The van der Waals surface area contributed by atoms with Crippen molar-refractivity contribution in [2.45, 2.75) is 26.7 Å². The van der Waals surface area contributed by atoms with E-state index < -0.39 is 0 Å². The molecule has 0 unspecified atom stereocenters. The number of aryl methyl sites for hydroxylation is 2. The molecule has 0 atom stereocenters. The van der Waals surface area contributed by atoms with Gasteiger partial charge >= 0.3 is 0 Å². The Hall–Kier alpha value is -2.62. The number of Topliss-reactive ketones (excluding diaryl/α,β-unsaturated/α-hetero) is 1. The van der Waals surface area contributed by atoms with Crippen LogP contribution in [0.4, 0.5) is 5.69 Å². The number of amides is 1. The van der Waals surface area contributed by atoms with Gasteiger partial charge < -0.3 is 9.80 Å². The van der Waals surface area contributed by atoms with E-state index in [9.17, 15) is 9.59 Å². The van der Waals surface area contributed by atoms with Crippen LogP contribution in [0.1, 0.15) is 34.3 Å². The molecule has 0 aliphatic carbocycles. The molecule has 136 valence electrons. The summed E-state index contributed by atoms with van der Waals surface area (Å²) >= 11 is 0. The molecule has 0 N–H and O–H groups in total. The first kappa shape index (κ1) is 18.2. The van der Waals surface area contributed by atoms with Gasteiger partial charge in [-0.25, -0.2) is 0 Å². The number of rotatable bonds is 5. The van der Waals surface area contributed by atoms with E-state index in [2.05, 4.69) is 36.1 Å². The molecule has 26 heavy (non-hydrogen) atoms. The van der Waals surface area contributed by atoms with Gasteiger partial charge in [-0.3, -0.25) is 9.59 Å². The zero-order chi connectivity index (χ0) is 18.5. The van der Waals surface area contributed by atoms with Crippen molar-refractivity contribution in [3.8, 4) is 0 Å². The van der Waals surface area contributed by atoms with E-state index in [0.717, 1.165) is 18.7 Å². The summed E-state index contributed by atoms with van der Waals surface area (Å²) in [5.41, 5.74) is 4.28. The standard InChI is InChI=1S/C22H26N2O2/c1-17-6-8-19(9-7-17)21(25)10-11-22(26)24-14-12-23(13-15-24)20-5-3-4-18(2)16-20/h3-9,16H,10-15H2,1-2H3. The highest BCUT2D eigenvalue weighted by molar-refractivity contribution is 5.98. The van der Waals surface area contributed by atoms with E-state index in [-0.39, 0.29) is 24.5 Å². The van der Waals surface area contributed by atoms with Gasteiger partial charge in [-0.05, 0) is 31.5 Å². The van der Waals surface area contributed by atoms with Gasteiger partial charge in [0.1, 0.15) is 0 Å². The smallest absolute Gasteiger partial charge is 0.223 e. The first-order chi connectivity index (χ1) is 12.5. The molecular weight excluding hydrogens is 324 g/mol. The van der Waals surface area contributed by atoms with Crippen LogP contribution in [0.15, 0.2) is 48.5 Å². The minimum Gasteiger partial charge on any atom is -0.368 e. The predicted octanol–water partition coefficient (Wildman–Crippen LogP) is 3.62. The normalized spacial score (nSPS) is 14.4. The van der Waals surface area contributed by atoms with Crippen LogP contribution in [0.25, 0.3) is 0 Å². The molecular formula is C22H26N2O2. The first-order valence-electron chi connectivity index (χ1n) is 9.22. The molecule has 1 aliphatic heterocycles. The van der Waals surface area contributed by atoms with Gasteiger partial charge in [-0.2, -0.15) is 0 Å². The molecule has 1 aliphatic rings. The van der Waals surface area contributed by atoms with Crippen LogP contribution in [-0.2, 0) is 4.79 Å². The van der Waals surface area contributed by atoms with Crippen molar-refractivity contribution in [2.24, 2.45) is 0 Å². The zero-order valence-electron chi connectivity index (χ0n) is 15.6. The average molecular weight is 350 g/mol.